The lowest BCUT2D eigenvalue weighted by Gasteiger charge is -2.41. The van der Waals surface area contributed by atoms with Crippen LogP contribution in [0.15, 0.2) is 30.3 Å². The molecule has 1 saturated heterocycles. The number of ether oxygens (including phenoxy) is 1. The van der Waals surface area contributed by atoms with Gasteiger partial charge in [-0.1, -0.05) is 30.3 Å². The van der Waals surface area contributed by atoms with Gasteiger partial charge >= 0.3 is 6.03 Å². The van der Waals surface area contributed by atoms with E-state index in [1.807, 2.05) is 30.3 Å². The zero-order valence-corrected chi connectivity index (χ0v) is 13.4. The summed E-state index contributed by atoms with van der Waals surface area (Å²) in [5, 5.41) is 12.2. The quantitative estimate of drug-likeness (QED) is 0.831. The van der Waals surface area contributed by atoms with Crippen molar-refractivity contribution in [2.45, 2.75) is 12.1 Å². The van der Waals surface area contributed by atoms with Gasteiger partial charge in [0.15, 0.2) is 0 Å². The lowest BCUT2D eigenvalue weighted by atomic mass is 9.98. The van der Waals surface area contributed by atoms with Crippen molar-refractivity contribution in [2.75, 3.05) is 40.4 Å². The van der Waals surface area contributed by atoms with Crippen LogP contribution in [0.25, 0.3) is 0 Å². The number of amides is 3. The van der Waals surface area contributed by atoms with Gasteiger partial charge < -0.3 is 25.0 Å². The molecule has 0 bridgehead atoms. The van der Waals surface area contributed by atoms with Crippen molar-refractivity contribution in [3.05, 3.63) is 35.9 Å². The van der Waals surface area contributed by atoms with E-state index in [0.717, 1.165) is 5.56 Å². The molecule has 0 saturated carbocycles. The van der Waals surface area contributed by atoms with Crippen molar-refractivity contribution in [3.63, 3.8) is 0 Å². The van der Waals surface area contributed by atoms with Gasteiger partial charge in [0.1, 0.15) is 6.10 Å². The summed E-state index contributed by atoms with van der Waals surface area (Å²) in [7, 11) is 3.23. The van der Waals surface area contributed by atoms with Gasteiger partial charge in [-0.05, 0) is 5.56 Å². The number of carbonyl (C=O) groups excluding carboxylic acids is 2. The van der Waals surface area contributed by atoms with Gasteiger partial charge in [0.05, 0.1) is 25.8 Å². The fraction of sp³-hybridized carbons (Fsp3) is 0.500. The van der Waals surface area contributed by atoms with Crippen LogP contribution in [0.2, 0.25) is 0 Å². The van der Waals surface area contributed by atoms with E-state index in [9.17, 15) is 14.7 Å². The average molecular weight is 321 g/mol. The summed E-state index contributed by atoms with van der Waals surface area (Å²) in [5.74, 6) is -0.198. The van der Waals surface area contributed by atoms with Crippen molar-refractivity contribution in [2.24, 2.45) is 0 Å². The van der Waals surface area contributed by atoms with E-state index < -0.39 is 6.10 Å². The molecule has 126 valence electrons. The van der Waals surface area contributed by atoms with Crippen LogP contribution in [0.1, 0.15) is 11.6 Å². The monoisotopic (exact) mass is 321 g/mol. The molecule has 2 rings (SSSR count). The summed E-state index contributed by atoms with van der Waals surface area (Å²) in [6.07, 6.45) is -0.473. The minimum absolute atomic E-state index is 0.0848. The molecule has 0 unspecified atom stereocenters. The Hall–Kier alpha value is -2.12. The molecule has 3 amide bonds. The second kappa shape index (κ2) is 7.94. The lowest BCUT2D eigenvalue weighted by molar-refractivity contribution is -0.148. The molecule has 23 heavy (non-hydrogen) atoms. The van der Waals surface area contributed by atoms with Gasteiger partial charge in [-0.15, -0.1) is 0 Å². The Balaban J connectivity index is 2.13. The highest BCUT2D eigenvalue weighted by Crippen LogP contribution is 2.29. The fourth-order valence-corrected chi connectivity index (χ4v) is 2.62. The Morgan fingerprint density at radius 1 is 1.35 bits per heavy atom. The normalized spacial score (nSPS) is 20.9. The molecule has 0 aromatic heterocycles. The Morgan fingerprint density at radius 3 is 2.65 bits per heavy atom. The van der Waals surface area contributed by atoms with E-state index in [-0.39, 0.29) is 31.1 Å². The zero-order valence-electron chi connectivity index (χ0n) is 13.4. The Morgan fingerprint density at radius 2 is 2.04 bits per heavy atom. The number of hydrogen-bond donors (Lipinski definition) is 2. The van der Waals surface area contributed by atoms with E-state index in [2.05, 4.69) is 5.32 Å². The molecule has 1 heterocycles. The summed E-state index contributed by atoms with van der Waals surface area (Å²) >= 11 is 0. The summed E-state index contributed by atoms with van der Waals surface area (Å²) in [5.41, 5.74) is 0.901. The first kappa shape index (κ1) is 17.2. The maximum atomic E-state index is 12.5. The smallest absolute Gasteiger partial charge is 0.317 e. The molecular formula is C16H23N3O4. The van der Waals surface area contributed by atoms with Crippen molar-refractivity contribution >= 4 is 11.9 Å². The van der Waals surface area contributed by atoms with Crippen LogP contribution in [0, 0.1) is 0 Å². The molecular weight excluding hydrogens is 298 g/mol. The predicted molar refractivity (Wildman–Crippen MR) is 84.8 cm³/mol. The lowest BCUT2D eigenvalue weighted by Crippen LogP contribution is -2.52. The third-order valence-corrected chi connectivity index (χ3v) is 3.79. The van der Waals surface area contributed by atoms with Crippen molar-refractivity contribution in [3.8, 4) is 0 Å². The second-order valence-electron chi connectivity index (χ2n) is 5.59. The van der Waals surface area contributed by atoms with Gasteiger partial charge in [0, 0.05) is 20.6 Å². The largest absolute Gasteiger partial charge is 0.394 e. The molecule has 1 aromatic rings. The van der Waals surface area contributed by atoms with Crippen LogP contribution in [-0.4, -0.2) is 73.3 Å². The van der Waals surface area contributed by atoms with Crippen molar-refractivity contribution in [1.82, 2.24) is 15.1 Å². The van der Waals surface area contributed by atoms with Crippen LogP contribution in [0.4, 0.5) is 4.79 Å². The SMILES string of the molecule is CN(C)C(=O)NCC(=O)N1CCO[C@H](CO)[C@H]1c1ccccc1. The first-order chi connectivity index (χ1) is 11.0. The molecule has 1 fully saturated rings. The minimum atomic E-state index is -0.473. The predicted octanol–water partition coefficient (Wildman–Crippen LogP) is 0.219. The number of carbonyl (C=O) groups is 2. The Labute approximate surface area is 135 Å². The van der Waals surface area contributed by atoms with Crippen LogP contribution >= 0.6 is 0 Å². The number of morpholine rings is 1. The topological polar surface area (TPSA) is 82.1 Å². The number of benzene rings is 1. The maximum Gasteiger partial charge on any atom is 0.317 e. The molecule has 7 nitrogen and oxygen atoms in total. The molecule has 0 aliphatic carbocycles. The molecule has 2 N–H and O–H groups in total. The molecule has 7 heteroatoms. The van der Waals surface area contributed by atoms with Crippen LogP contribution in [0.5, 0.6) is 0 Å². The Kier molecular flexibility index (Phi) is 5.95. The zero-order chi connectivity index (χ0) is 16.8. The van der Waals surface area contributed by atoms with Crippen LogP contribution < -0.4 is 5.32 Å². The molecule has 2 atom stereocenters. The minimum Gasteiger partial charge on any atom is -0.394 e. The molecule has 1 aliphatic rings. The number of nitrogens with zero attached hydrogens (tertiary/aromatic N) is 2. The molecule has 1 aliphatic heterocycles. The van der Waals surface area contributed by atoms with Crippen molar-refractivity contribution < 1.29 is 19.4 Å². The highest BCUT2D eigenvalue weighted by Gasteiger charge is 2.35. The van der Waals surface area contributed by atoms with E-state index >= 15 is 0 Å². The van der Waals surface area contributed by atoms with E-state index in [0.29, 0.717) is 13.2 Å². The third kappa shape index (κ3) is 4.20. The highest BCUT2D eigenvalue weighted by atomic mass is 16.5. The molecule has 1 aromatic carbocycles. The number of aliphatic hydroxyl groups excluding tert-OH is 1. The van der Waals surface area contributed by atoms with Gasteiger partial charge in [0.25, 0.3) is 0 Å². The number of nitrogens with one attached hydrogen (secondary N) is 1. The highest BCUT2D eigenvalue weighted by molar-refractivity contribution is 5.84. The summed E-state index contributed by atoms with van der Waals surface area (Å²) in [4.78, 5) is 27.1. The maximum absolute atomic E-state index is 12.5. The average Bonchev–Trinajstić information content (AvgIpc) is 2.59. The molecule has 0 spiro atoms. The summed E-state index contributed by atoms with van der Waals surface area (Å²) < 4.78 is 5.60. The number of urea groups is 1. The number of hydrogen-bond acceptors (Lipinski definition) is 4. The number of aliphatic hydroxyl groups is 1. The van der Waals surface area contributed by atoms with Gasteiger partial charge in [-0.2, -0.15) is 0 Å². The number of rotatable bonds is 4. The first-order valence-electron chi connectivity index (χ1n) is 7.56. The second-order valence-corrected chi connectivity index (χ2v) is 5.59. The third-order valence-electron chi connectivity index (χ3n) is 3.79. The van der Waals surface area contributed by atoms with Crippen LogP contribution in [0.3, 0.4) is 0 Å². The van der Waals surface area contributed by atoms with E-state index in [1.54, 1.807) is 19.0 Å². The van der Waals surface area contributed by atoms with Gasteiger partial charge in [-0.3, -0.25) is 4.79 Å². The van der Waals surface area contributed by atoms with E-state index in [4.69, 9.17) is 4.74 Å². The first-order valence-corrected chi connectivity index (χ1v) is 7.56. The summed E-state index contributed by atoms with van der Waals surface area (Å²) in [6.45, 7) is 0.528. The van der Waals surface area contributed by atoms with Gasteiger partial charge in [0.2, 0.25) is 5.91 Å². The summed E-state index contributed by atoms with van der Waals surface area (Å²) in [6, 6.07) is 8.79. The van der Waals surface area contributed by atoms with Crippen molar-refractivity contribution in [1.29, 1.82) is 0 Å². The van der Waals surface area contributed by atoms with E-state index in [1.165, 1.54) is 4.90 Å². The molecule has 0 radical (unpaired) electrons. The van der Waals surface area contributed by atoms with Gasteiger partial charge in [-0.25, -0.2) is 4.79 Å². The Bertz CT molecular complexity index is 535. The van der Waals surface area contributed by atoms with Crippen LogP contribution in [-0.2, 0) is 9.53 Å². The standard InChI is InChI=1S/C16H23N3O4/c1-18(2)16(22)17-10-14(21)19-8-9-23-13(11-20)15(19)12-6-4-3-5-7-12/h3-7,13,15,20H,8-11H2,1-2H3,(H,17,22)/t13-,15-/m1/s1. The fourth-order valence-electron chi connectivity index (χ4n) is 2.62.